The van der Waals surface area contributed by atoms with E-state index in [1.54, 1.807) is 12.1 Å². The van der Waals surface area contributed by atoms with Crippen LogP contribution in [0.2, 0.25) is 5.02 Å². The molecule has 1 aliphatic rings. The molecule has 0 aliphatic carbocycles. The Balaban J connectivity index is 1.55. The molecule has 1 fully saturated rings. The molecular formula is C18H20ClNO. The van der Waals surface area contributed by atoms with Crippen molar-refractivity contribution in [3.8, 4) is 5.75 Å². The van der Waals surface area contributed by atoms with Crippen molar-refractivity contribution >= 4 is 17.3 Å². The number of anilines is 1. The fraction of sp³-hybridized carbons (Fsp3) is 0.333. The van der Waals surface area contributed by atoms with E-state index in [2.05, 4.69) is 17.0 Å². The van der Waals surface area contributed by atoms with Crippen molar-refractivity contribution in [3.63, 3.8) is 0 Å². The molecule has 0 bridgehead atoms. The van der Waals surface area contributed by atoms with Crippen LogP contribution in [-0.4, -0.2) is 18.2 Å². The first-order valence-corrected chi connectivity index (χ1v) is 7.87. The van der Waals surface area contributed by atoms with Gasteiger partial charge in [-0.05, 0) is 67.1 Å². The summed E-state index contributed by atoms with van der Waals surface area (Å²) in [5.74, 6) is 1.08. The molecule has 1 N–H and O–H groups in total. The Kier molecular flexibility index (Phi) is 4.35. The van der Waals surface area contributed by atoms with E-state index in [1.807, 2.05) is 24.3 Å². The van der Waals surface area contributed by atoms with Crippen molar-refractivity contribution in [1.29, 1.82) is 0 Å². The molecule has 21 heavy (non-hydrogen) atoms. The number of hydrogen-bond donors (Lipinski definition) is 1. The van der Waals surface area contributed by atoms with Crippen LogP contribution >= 0.6 is 11.6 Å². The molecular weight excluding hydrogens is 282 g/mol. The van der Waals surface area contributed by atoms with E-state index in [-0.39, 0.29) is 0 Å². The van der Waals surface area contributed by atoms with Gasteiger partial charge in [-0.15, -0.1) is 0 Å². The summed E-state index contributed by atoms with van der Waals surface area (Å²) in [6, 6.07) is 15.7. The Morgan fingerprint density at radius 1 is 0.952 bits per heavy atom. The second-order valence-corrected chi connectivity index (χ2v) is 6.21. The number of halogens is 1. The maximum absolute atomic E-state index is 9.35. The van der Waals surface area contributed by atoms with Crippen molar-refractivity contribution in [2.24, 2.45) is 5.92 Å². The lowest BCUT2D eigenvalue weighted by molar-refractivity contribution is 0.403. The molecule has 2 aromatic rings. The summed E-state index contributed by atoms with van der Waals surface area (Å²) in [5, 5.41) is 10.2. The SMILES string of the molecule is Oc1ccc(N2CCC(Cc3ccc(Cl)cc3)CC2)cc1. The minimum atomic E-state index is 0.330. The summed E-state index contributed by atoms with van der Waals surface area (Å²) in [6.07, 6.45) is 3.56. The van der Waals surface area contributed by atoms with Gasteiger partial charge < -0.3 is 10.0 Å². The van der Waals surface area contributed by atoms with Crippen LogP contribution in [0.25, 0.3) is 0 Å². The van der Waals surface area contributed by atoms with Crippen molar-refractivity contribution in [1.82, 2.24) is 0 Å². The van der Waals surface area contributed by atoms with Gasteiger partial charge >= 0.3 is 0 Å². The van der Waals surface area contributed by atoms with Gasteiger partial charge in [-0.25, -0.2) is 0 Å². The highest BCUT2D eigenvalue weighted by atomic mass is 35.5. The topological polar surface area (TPSA) is 23.5 Å². The molecule has 0 unspecified atom stereocenters. The quantitative estimate of drug-likeness (QED) is 0.902. The normalized spacial score (nSPS) is 16.1. The Morgan fingerprint density at radius 2 is 1.57 bits per heavy atom. The van der Waals surface area contributed by atoms with Crippen molar-refractivity contribution in [2.45, 2.75) is 19.3 Å². The van der Waals surface area contributed by atoms with Gasteiger partial charge in [0.2, 0.25) is 0 Å². The highest BCUT2D eigenvalue weighted by molar-refractivity contribution is 6.30. The molecule has 1 saturated heterocycles. The van der Waals surface area contributed by atoms with Gasteiger partial charge in [0.05, 0.1) is 0 Å². The summed E-state index contributed by atoms with van der Waals surface area (Å²) in [6.45, 7) is 2.17. The number of benzene rings is 2. The average molecular weight is 302 g/mol. The van der Waals surface area contributed by atoms with Crippen molar-refractivity contribution in [3.05, 3.63) is 59.1 Å². The van der Waals surface area contributed by atoms with Crippen LogP contribution in [0.1, 0.15) is 18.4 Å². The van der Waals surface area contributed by atoms with Crippen LogP contribution in [-0.2, 0) is 6.42 Å². The Hall–Kier alpha value is -1.67. The lowest BCUT2D eigenvalue weighted by Gasteiger charge is -2.33. The molecule has 1 aliphatic heterocycles. The Labute approximate surface area is 131 Å². The smallest absolute Gasteiger partial charge is 0.115 e. The summed E-state index contributed by atoms with van der Waals surface area (Å²) in [5.41, 5.74) is 2.58. The minimum absolute atomic E-state index is 0.330. The summed E-state index contributed by atoms with van der Waals surface area (Å²) in [7, 11) is 0. The van der Waals surface area contributed by atoms with Gasteiger partial charge in [-0.3, -0.25) is 0 Å². The van der Waals surface area contributed by atoms with E-state index in [4.69, 9.17) is 11.6 Å². The average Bonchev–Trinajstić information content (AvgIpc) is 2.51. The first-order valence-electron chi connectivity index (χ1n) is 7.49. The van der Waals surface area contributed by atoms with Crippen molar-refractivity contribution in [2.75, 3.05) is 18.0 Å². The lowest BCUT2D eigenvalue weighted by atomic mass is 9.90. The molecule has 0 atom stereocenters. The van der Waals surface area contributed by atoms with Crippen LogP contribution in [0.4, 0.5) is 5.69 Å². The van der Waals surface area contributed by atoms with Gasteiger partial charge in [0, 0.05) is 23.8 Å². The second-order valence-electron chi connectivity index (χ2n) is 5.78. The van der Waals surface area contributed by atoms with Crippen LogP contribution in [0, 0.1) is 5.92 Å². The van der Waals surface area contributed by atoms with Crippen molar-refractivity contribution < 1.29 is 5.11 Å². The van der Waals surface area contributed by atoms with E-state index in [0.717, 1.165) is 30.5 Å². The van der Waals surface area contributed by atoms with Crippen LogP contribution in [0.3, 0.4) is 0 Å². The molecule has 0 radical (unpaired) electrons. The Morgan fingerprint density at radius 3 is 2.19 bits per heavy atom. The number of phenols is 1. The molecule has 2 nitrogen and oxygen atoms in total. The van der Waals surface area contributed by atoms with Crippen LogP contribution in [0.15, 0.2) is 48.5 Å². The number of rotatable bonds is 3. The molecule has 0 spiro atoms. The number of nitrogens with zero attached hydrogens (tertiary/aromatic N) is 1. The third kappa shape index (κ3) is 3.70. The molecule has 1 heterocycles. The number of phenolic OH excluding ortho intramolecular Hbond substituents is 1. The second kappa shape index (κ2) is 6.40. The van der Waals surface area contributed by atoms with Crippen LogP contribution in [0.5, 0.6) is 5.75 Å². The monoisotopic (exact) mass is 301 g/mol. The fourth-order valence-electron chi connectivity index (χ4n) is 3.01. The van der Waals surface area contributed by atoms with Gasteiger partial charge in [0.15, 0.2) is 0 Å². The summed E-state index contributed by atoms with van der Waals surface area (Å²) < 4.78 is 0. The third-order valence-electron chi connectivity index (χ3n) is 4.27. The number of aromatic hydroxyl groups is 1. The molecule has 2 aromatic carbocycles. The zero-order valence-corrected chi connectivity index (χ0v) is 12.8. The lowest BCUT2D eigenvalue weighted by Crippen LogP contribution is -2.34. The molecule has 0 amide bonds. The first kappa shape index (κ1) is 14.3. The minimum Gasteiger partial charge on any atom is -0.508 e. The largest absolute Gasteiger partial charge is 0.508 e. The zero-order chi connectivity index (χ0) is 14.7. The molecule has 0 aromatic heterocycles. The molecule has 3 rings (SSSR count). The maximum atomic E-state index is 9.35. The zero-order valence-electron chi connectivity index (χ0n) is 12.0. The maximum Gasteiger partial charge on any atom is 0.115 e. The molecule has 3 heteroatoms. The standard InChI is InChI=1S/C18H20ClNO/c19-16-3-1-14(2-4-16)13-15-9-11-20(12-10-15)17-5-7-18(21)8-6-17/h1-8,15,21H,9-13H2. The van der Waals surface area contributed by atoms with E-state index in [1.165, 1.54) is 24.1 Å². The van der Waals surface area contributed by atoms with Crippen LogP contribution < -0.4 is 4.90 Å². The number of piperidine rings is 1. The predicted octanol–water partition coefficient (Wildman–Crippen LogP) is 4.50. The van der Waals surface area contributed by atoms with Gasteiger partial charge in [-0.1, -0.05) is 23.7 Å². The highest BCUT2D eigenvalue weighted by Gasteiger charge is 2.19. The van der Waals surface area contributed by atoms with Gasteiger partial charge in [0.25, 0.3) is 0 Å². The highest BCUT2D eigenvalue weighted by Crippen LogP contribution is 2.27. The summed E-state index contributed by atoms with van der Waals surface area (Å²) >= 11 is 5.93. The molecule has 0 saturated carbocycles. The first-order chi connectivity index (χ1) is 10.2. The fourth-order valence-corrected chi connectivity index (χ4v) is 3.14. The van der Waals surface area contributed by atoms with E-state index >= 15 is 0 Å². The van der Waals surface area contributed by atoms with E-state index in [0.29, 0.717) is 5.75 Å². The predicted molar refractivity (Wildman–Crippen MR) is 88.2 cm³/mol. The van der Waals surface area contributed by atoms with E-state index in [9.17, 15) is 5.11 Å². The Bertz CT molecular complexity index is 571. The van der Waals surface area contributed by atoms with Gasteiger partial charge in [-0.2, -0.15) is 0 Å². The number of hydrogen-bond acceptors (Lipinski definition) is 2. The molecule has 110 valence electrons. The van der Waals surface area contributed by atoms with E-state index < -0.39 is 0 Å². The van der Waals surface area contributed by atoms with Gasteiger partial charge in [0.1, 0.15) is 5.75 Å². The third-order valence-corrected chi connectivity index (χ3v) is 4.52. The summed E-state index contributed by atoms with van der Waals surface area (Å²) in [4.78, 5) is 2.40.